The van der Waals surface area contributed by atoms with Crippen LogP contribution in [0.1, 0.15) is 106 Å². The highest BCUT2D eigenvalue weighted by Gasteiger charge is 2.59. The number of aliphatic hydroxyl groups excluding tert-OH is 5. The van der Waals surface area contributed by atoms with E-state index >= 15 is 0 Å². The predicted molar refractivity (Wildman–Crippen MR) is 186 cm³/mol. The Kier molecular flexibility index (Phi) is 11.5. The van der Waals surface area contributed by atoms with Crippen molar-refractivity contribution in [2.75, 3.05) is 6.61 Å². The van der Waals surface area contributed by atoms with E-state index in [9.17, 15) is 25.5 Å². The SMILES string of the molecule is CCC(C=CC(C)C1CCC2C3CC=C4CC(OC5OCC(OC6OC(C)C(O)C(O)C6O)C(O)C5O)CCC4(C)C3CCC12C)C(C)C. The lowest BCUT2D eigenvalue weighted by Crippen LogP contribution is -2.61. The molecule has 0 amide bonds. The van der Waals surface area contributed by atoms with Gasteiger partial charge in [0, 0.05) is 0 Å². The smallest absolute Gasteiger partial charge is 0.187 e. The summed E-state index contributed by atoms with van der Waals surface area (Å²) in [6.07, 6.45) is 6.91. The van der Waals surface area contributed by atoms with Crippen LogP contribution >= 0.6 is 0 Å². The average Bonchev–Trinajstić information content (AvgIpc) is 3.43. The topological polar surface area (TPSA) is 138 Å². The molecular weight excluding hydrogens is 624 g/mol. The molecule has 6 aliphatic rings. The van der Waals surface area contributed by atoms with E-state index in [1.807, 2.05) is 0 Å². The fourth-order valence-corrected chi connectivity index (χ4v) is 11.4. The van der Waals surface area contributed by atoms with Crippen molar-refractivity contribution in [3.05, 3.63) is 23.8 Å². The molecule has 280 valence electrons. The maximum absolute atomic E-state index is 11.0. The fourth-order valence-electron chi connectivity index (χ4n) is 11.4. The van der Waals surface area contributed by atoms with Crippen LogP contribution in [-0.4, -0.2) is 93.6 Å². The van der Waals surface area contributed by atoms with E-state index in [0.29, 0.717) is 29.1 Å². The van der Waals surface area contributed by atoms with Gasteiger partial charge in [0.15, 0.2) is 12.6 Å². The molecule has 2 saturated heterocycles. The van der Waals surface area contributed by atoms with Gasteiger partial charge in [0.1, 0.15) is 36.6 Å². The van der Waals surface area contributed by atoms with Crippen molar-refractivity contribution in [3.8, 4) is 0 Å². The Bertz CT molecular complexity index is 1190. The molecule has 0 spiro atoms. The fraction of sp³-hybridized carbons (Fsp3) is 0.900. The van der Waals surface area contributed by atoms with E-state index in [2.05, 4.69) is 59.8 Å². The Balaban J connectivity index is 1.05. The zero-order valence-corrected chi connectivity index (χ0v) is 31.0. The molecule has 5 N–H and O–H groups in total. The highest BCUT2D eigenvalue weighted by atomic mass is 16.7. The molecule has 9 heteroatoms. The van der Waals surface area contributed by atoms with Gasteiger partial charge in [-0.15, -0.1) is 0 Å². The molecule has 49 heavy (non-hydrogen) atoms. The van der Waals surface area contributed by atoms with Crippen molar-refractivity contribution in [2.45, 2.75) is 168 Å². The summed E-state index contributed by atoms with van der Waals surface area (Å²) in [5, 5.41) is 52.4. The van der Waals surface area contributed by atoms with Gasteiger partial charge in [-0.25, -0.2) is 0 Å². The van der Waals surface area contributed by atoms with E-state index in [1.54, 1.807) is 6.92 Å². The molecule has 2 aliphatic heterocycles. The summed E-state index contributed by atoms with van der Waals surface area (Å²) in [6, 6.07) is 0. The third-order valence-electron chi connectivity index (χ3n) is 14.6. The summed E-state index contributed by atoms with van der Waals surface area (Å²) in [4.78, 5) is 0. The number of rotatable bonds is 9. The summed E-state index contributed by atoms with van der Waals surface area (Å²) in [6.45, 7) is 16.1. The third-order valence-corrected chi connectivity index (χ3v) is 14.6. The van der Waals surface area contributed by atoms with E-state index in [1.165, 1.54) is 37.7 Å². The van der Waals surface area contributed by atoms with Crippen molar-refractivity contribution in [1.29, 1.82) is 0 Å². The van der Waals surface area contributed by atoms with Crippen LogP contribution < -0.4 is 0 Å². The minimum absolute atomic E-state index is 0.0775. The zero-order chi connectivity index (χ0) is 35.4. The summed E-state index contributed by atoms with van der Waals surface area (Å²) in [5.74, 6) is 4.94. The Hall–Kier alpha value is -0.880. The van der Waals surface area contributed by atoms with Gasteiger partial charge in [-0.1, -0.05) is 65.3 Å². The highest BCUT2D eigenvalue weighted by Crippen LogP contribution is 2.67. The van der Waals surface area contributed by atoms with Gasteiger partial charge in [0.05, 0.1) is 18.8 Å². The predicted octanol–water partition coefficient (Wildman–Crippen LogP) is 5.12. The number of aliphatic hydroxyl groups is 5. The minimum atomic E-state index is -1.51. The van der Waals surface area contributed by atoms with Crippen molar-refractivity contribution >= 4 is 0 Å². The number of ether oxygens (including phenoxy) is 4. The van der Waals surface area contributed by atoms with Crippen molar-refractivity contribution in [1.82, 2.24) is 0 Å². The molecule has 18 atom stereocenters. The quantitative estimate of drug-likeness (QED) is 0.209. The Morgan fingerprint density at radius 1 is 0.857 bits per heavy atom. The molecule has 0 bridgehead atoms. The van der Waals surface area contributed by atoms with Crippen LogP contribution in [0.15, 0.2) is 23.8 Å². The van der Waals surface area contributed by atoms with E-state index in [-0.39, 0.29) is 18.1 Å². The second-order valence-corrected chi connectivity index (χ2v) is 17.6. The van der Waals surface area contributed by atoms with Gasteiger partial charge >= 0.3 is 0 Å². The minimum Gasteiger partial charge on any atom is -0.388 e. The van der Waals surface area contributed by atoms with Crippen LogP contribution in [-0.2, 0) is 18.9 Å². The largest absolute Gasteiger partial charge is 0.388 e. The standard InChI is InChI=1S/C40H66O9/c1-8-24(21(2)3)10-9-22(4)28-13-14-29-27-12-11-25-19-26(15-17-39(25,6)30(27)16-18-40(28,29)7)48-37-35(44)33(42)31(20-46-37)49-38-36(45)34(43)32(41)23(5)47-38/h9-11,21-24,26-38,41-45H,8,12-20H2,1-7H3. The summed E-state index contributed by atoms with van der Waals surface area (Å²) >= 11 is 0. The molecule has 3 saturated carbocycles. The zero-order valence-electron chi connectivity index (χ0n) is 31.0. The maximum atomic E-state index is 11.0. The van der Waals surface area contributed by atoms with Crippen LogP contribution in [0.4, 0.5) is 0 Å². The molecule has 6 rings (SSSR count). The van der Waals surface area contributed by atoms with Crippen molar-refractivity contribution in [2.24, 2.45) is 52.3 Å². The van der Waals surface area contributed by atoms with Crippen molar-refractivity contribution in [3.63, 3.8) is 0 Å². The number of allylic oxidation sites excluding steroid dienone is 3. The van der Waals surface area contributed by atoms with E-state index in [0.717, 1.165) is 43.4 Å². The first kappa shape index (κ1) is 37.9. The Morgan fingerprint density at radius 2 is 1.59 bits per heavy atom. The van der Waals surface area contributed by atoms with Gasteiger partial charge < -0.3 is 44.5 Å². The summed E-state index contributed by atoms with van der Waals surface area (Å²) in [7, 11) is 0. The van der Waals surface area contributed by atoms with Gasteiger partial charge in [-0.2, -0.15) is 0 Å². The molecule has 0 aromatic heterocycles. The van der Waals surface area contributed by atoms with Gasteiger partial charge in [0.2, 0.25) is 0 Å². The lowest BCUT2D eigenvalue weighted by Gasteiger charge is -2.58. The van der Waals surface area contributed by atoms with Crippen molar-refractivity contribution < 1.29 is 44.5 Å². The van der Waals surface area contributed by atoms with Crippen LogP contribution in [0.2, 0.25) is 0 Å². The molecule has 18 unspecified atom stereocenters. The summed E-state index contributed by atoms with van der Waals surface area (Å²) in [5.41, 5.74) is 2.06. The van der Waals surface area contributed by atoms with Gasteiger partial charge in [0.25, 0.3) is 0 Å². The second-order valence-electron chi connectivity index (χ2n) is 17.6. The lowest BCUT2D eigenvalue weighted by molar-refractivity contribution is -0.343. The lowest BCUT2D eigenvalue weighted by atomic mass is 9.47. The van der Waals surface area contributed by atoms with Gasteiger partial charge in [-0.05, 0) is 117 Å². The molecule has 2 heterocycles. The average molecular weight is 691 g/mol. The third kappa shape index (κ3) is 6.99. The first-order valence-corrected chi connectivity index (χ1v) is 19.6. The molecular formula is C40H66O9. The van der Waals surface area contributed by atoms with Crippen LogP contribution in [0.5, 0.6) is 0 Å². The van der Waals surface area contributed by atoms with E-state index in [4.69, 9.17) is 18.9 Å². The second kappa shape index (κ2) is 14.9. The monoisotopic (exact) mass is 690 g/mol. The molecule has 9 nitrogen and oxygen atoms in total. The number of fused-ring (bicyclic) bond motifs is 5. The molecule has 5 fully saturated rings. The molecule has 0 radical (unpaired) electrons. The van der Waals surface area contributed by atoms with Gasteiger partial charge in [-0.3, -0.25) is 0 Å². The molecule has 0 aromatic rings. The van der Waals surface area contributed by atoms with E-state index < -0.39 is 55.3 Å². The molecule has 0 aromatic carbocycles. The molecule has 4 aliphatic carbocycles. The number of hydrogen-bond acceptors (Lipinski definition) is 9. The maximum Gasteiger partial charge on any atom is 0.187 e. The first-order chi connectivity index (χ1) is 23.2. The summed E-state index contributed by atoms with van der Waals surface area (Å²) < 4.78 is 23.5. The number of hydrogen-bond donors (Lipinski definition) is 5. The Labute approximate surface area is 294 Å². The van der Waals surface area contributed by atoms with Crippen LogP contribution in [0.25, 0.3) is 0 Å². The Morgan fingerprint density at radius 3 is 2.31 bits per heavy atom. The van der Waals surface area contributed by atoms with Crippen LogP contribution in [0.3, 0.4) is 0 Å². The van der Waals surface area contributed by atoms with Crippen LogP contribution in [0, 0.1) is 52.3 Å². The highest BCUT2D eigenvalue weighted by molar-refractivity contribution is 5.25. The normalized spacial score (nSPS) is 50.0. The first-order valence-electron chi connectivity index (χ1n) is 19.6.